The van der Waals surface area contributed by atoms with Crippen molar-refractivity contribution in [3.63, 3.8) is 0 Å². The van der Waals surface area contributed by atoms with Gasteiger partial charge in [0.2, 0.25) is 5.91 Å². The van der Waals surface area contributed by atoms with Crippen LogP contribution in [0.3, 0.4) is 0 Å². The molecule has 0 aromatic carbocycles. The SMILES string of the molecule is Cl.O=C(CCC(F)(F)F)NC1CCNCC1. The first-order chi connectivity index (χ1) is 6.97. The molecule has 1 amide bonds. The van der Waals surface area contributed by atoms with Crippen molar-refractivity contribution in [2.45, 2.75) is 37.9 Å². The van der Waals surface area contributed by atoms with Gasteiger partial charge < -0.3 is 10.6 Å². The van der Waals surface area contributed by atoms with E-state index in [1.165, 1.54) is 0 Å². The zero-order chi connectivity index (χ0) is 11.3. The third-order valence-electron chi connectivity index (χ3n) is 2.34. The number of nitrogens with one attached hydrogen (secondary N) is 2. The van der Waals surface area contributed by atoms with Gasteiger partial charge in [-0.1, -0.05) is 0 Å². The lowest BCUT2D eigenvalue weighted by Crippen LogP contribution is -2.42. The van der Waals surface area contributed by atoms with Crippen LogP contribution in [0.4, 0.5) is 13.2 Å². The number of hydrogen-bond donors (Lipinski definition) is 2. The number of amides is 1. The highest BCUT2D eigenvalue weighted by atomic mass is 35.5. The van der Waals surface area contributed by atoms with Gasteiger partial charge in [-0.2, -0.15) is 13.2 Å². The highest BCUT2D eigenvalue weighted by Crippen LogP contribution is 2.21. The Balaban J connectivity index is 0.00000225. The summed E-state index contributed by atoms with van der Waals surface area (Å²) in [5.41, 5.74) is 0. The van der Waals surface area contributed by atoms with Crippen LogP contribution in [0.15, 0.2) is 0 Å². The maximum atomic E-state index is 11.8. The molecule has 0 bridgehead atoms. The van der Waals surface area contributed by atoms with Crippen LogP contribution in [0.2, 0.25) is 0 Å². The summed E-state index contributed by atoms with van der Waals surface area (Å²) in [6.07, 6.45) is -4.17. The zero-order valence-corrected chi connectivity index (χ0v) is 9.59. The fourth-order valence-electron chi connectivity index (χ4n) is 1.52. The van der Waals surface area contributed by atoms with E-state index < -0.39 is 24.9 Å². The van der Waals surface area contributed by atoms with Crippen LogP contribution in [-0.4, -0.2) is 31.2 Å². The number of hydrogen-bond acceptors (Lipinski definition) is 2. The van der Waals surface area contributed by atoms with Gasteiger partial charge in [-0.05, 0) is 25.9 Å². The summed E-state index contributed by atoms with van der Waals surface area (Å²) >= 11 is 0. The third kappa shape index (κ3) is 6.90. The van der Waals surface area contributed by atoms with Crippen LogP contribution in [0.5, 0.6) is 0 Å². The van der Waals surface area contributed by atoms with E-state index in [0.29, 0.717) is 0 Å². The van der Waals surface area contributed by atoms with E-state index in [-0.39, 0.29) is 18.4 Å². The Hall–Kier alpha value is -0.490. The average molecular weight is 261 g/mol. The molecular weight excluding hydrogens is 245 g/mol. The second kappa shape index (κ2) is 6.96. The highest BCUT2D eigenvalue weighted by molar-refractivity contribution is 5.85. The van der Waals surface area contributed by atoms with Crippen LogP contribution in [0.25, 0.3) is 0 Å². The minimum absolute atomic E-state index is 0. The Morgan fingerprint density at radius 2 is 1.88 bits per heavy atom. The molecule has 1 saturated heterocycles. The molecule has 0 unspecified atom stereocenters. The monoisotopic (exact) mass is 260 g/mol. The van der Waals surface area contributed by atoms with E-state index in [9.17, 15) is 18.0 Å². The van der Waals surface area contributed by atoms with E-state index in [4.69, 9.17) is 0 Å². The van der Waals surface area contributed by atoms with Crippen LogP contribution in [-0.2, 0) is 4.79 Å². The minimum atomic E-state index is -4.24. The van der Waals surface area contributed by atoms with Crippen molar-refractivity contribution in [1.82, 2.24) is 10.6 Å². The molecule has 0 aromatic heterocycles. The predicted octanol–water partition coefficient (Wildman–Crippen LogP) is 1.62. The molecule has 0 spiro atoms. The molecule has 0 saturated carbocycles. The van der Waals surface area contributed by atoms with Gasteiger partial charge in [0.15, 0.2) is 0 Å². The van der Waals surface area contributed by atoms with Crippen molar-refractivity contribution in [2.24, 2.45) is 0 Å². The van der Waals surface area contributed by atoms with Gasteiger partial charge in [0, 0.05) is 12.5 Å². The molecule has 0 radical (unpaired) electrons. The minimum Gasteiger partial charge on any atom is -0.353 e. The van der Waals surface area contributed by atoms with Gasteiger partial charge >= 0.3 is 6.18 Å². The fraction of sp³-hybridized carbons (Fsp3) is 0.889. The lowest BCUT2D eigenvalue weighted by Gasteiger charge is -2.23. The second-order valence-corrected chi connectivity index (χ2v) is 3.71. The smallest absolute Gasteiger partial charge is 0.353 e. The summed E-state index contributed by atoms with van der Waals surface area (Å²) in [6, 6.07) is 0.0342. The van der Waals surface area contributed by atoms with Gasteiger partial charge in [-0.3, -0.25) is 4.79 Å². The first kappa shape index (κ1) is 15.5. The Kier molecular flexibility index (Phi) is 6.74. The van der Waals surface area contributed by atoms with E-state index in [1.807, 2.05) is 0 Å². The van der Waals surface area contributed by atoms with Crippen LogP contribution >= 0.6 is 12.4 Å². The van der Waals surface area contributed by atoms with Gasteiger partial charge in [0.25, 0.3) is 0 Å². The second-order valence-electron chi connectivity index (χ2n) is 3.71. The van der Waals surface area contributed by atoms with Crippen molar-refractivity contribution in [2.75, 3.05) is 13.1 Å². The van der Waals surface area contributed by atoms with E-state index in [0.717, 1.165) is 25.9 Å². The Morgan fingerprint density at radius 1 is 1.31 bits per heavy atom. The van der Waals surface area contributed by atoms with E-state index in [2.05, 4.69) is 10.6 Å². The first-order valence-electron chi connectivity index (χ1n) is 5.04. The van der Waals surface area contributed by atoms with Crippen LogP contribution in [0, 0.1) is 0 Å². The van der Waals surface area contributed by atoms with Crippen LogP contribution in [0.1, 0.15) is 25.7 Å². The van der Waals surface area contributed by atoms with Gasteiger partial charge in [0.1, 0.15) is 0 Å². The first-order valence-corrected chi connectivity index (χ1v) is 5.04. The molecule has 0 atom stereocenters. The lowest BCUT2D eigenvalue weighted by molar-refractivity contribution is -0.144. The molecule has 0 aliphatic carbocycles. The molecule has 96 valence electrons. The molecule has 1 rings (SSSR count). The van der Waals surface area contributed by atoms with Crippen molar-refractivity contribution in [3.05, 3.63) is 0 Å². The van der Waals surface area contributed by atoms with E-state index >= 15 is 0 Å². The number of piperidine rings is 1. The van der Waals surface area contributed by atoms with Crippen molar-refractivity contribution in [3.8, 4) is 0 Å². The number of halogens is 4. The van der Waals surface area contributed by atoms with E-state index in [1.54, 1.807) is 0 Å². The normalized spacial score (nSPS) is 17.7. The summed E-state index contributed by atoms with van der Waals surface area (Å²) in [4.78, 5) is 11.1. The zero-order valence-electron chi connectivity index (χ0n) is 8.77. The molecular formula is C9H16ClF3N2O. The maximum Gasteiger partial charge on any atom is 0.389 e. The quantitative estimate of drug-likeness (QED) is 0.810. The Morgan fingerprint density at radius 3 is 2.38 bits per heavy atom. The van der Waals surface area contributed by atoms with Crippen molar-refractivity contribution in [1.29, 1.82) is 0 Å². The molecule has 7 heteroatoms. The lowest BCUT2D eigenvalue weighted by atomic mass is 10.1. The third-order valence-corrected chi connectivity index (χ3v) is 2.34. The number of carbonyl (C=O) groups is 1. The molecule has 16 heavy (non-hydrogen) atoms. The average Bonchev–Trinajstić information content (AvgIpc) is 2.15. The van der Waals surface area contributed by atoms with Crippen LogP contribution < -0.4 is 10.6 Å². The summed E-state index contributed by atoms with van der Waals surface area (Å²) in [5, 5.41) is 5.73. The molecule has 1 aliphatic rings. The topological polar surface area (TPSA) is 41.1 Å². The Bertz CT molecular complexity index is 217. The summed E-state index contributed by atoms with van der Waals surface area (Å²) < 4.78 is 35.4. The van der Waals surface area contributed by atoms with Gasteiger partial charge in [-0.15, -0.1) is 12.4 Å². The molecule has 0 aromatic rings. The summed E-state index contributed by atoms with van der Waals surface area (Å²) in [7, 11) is 0. The molecule has 1 aliphatic heterocycles. The highest BCUT2D eigenvalue weighted by Gasteiger charge is 2.28. The summed E-state index contributed by atoms with van der Waals surface area (Å²) in [5.74, 6) is -0.501. The fourth-order valence-corrected chi connectivity index (χ4v) is 1.52. The molecule has 1 heterocycles. The largest absolute Gasteiger partial charge is 0.389 e. The van der Waals surface area contributed by atoms with Crippen molar-refractivity contribution >= 4 is 18.3 Å². The molecule has 3 nitrogen and oxygen atoms in total. The molecule has 2 N–H and O–H groups in total. The Labute approximate surface area is 98.6 Å². The molecule has 1 fully saturated rings. The standard InChI is InChI=1S/C9H15F3N2O.ClH/c10-9(11,12)4-1-8(15)14-7-2-5-13-6-3-7;/h7,13H,1-6H2,(H,14,15);1H. The number of alkyl halides is 3. The number of rotatable bonds is 3. The maximum absolute atomic E-state index is 11.8. The predicted molar refractivity (Wildman–Crippen MR) is 56.6 cm³/mol. The summed E-state index contributed by atoms with van der Waals surface area (Å²) in [6.45, 7) is 1.62. The number of carbonyl (C=O) groups excluding carboxylic acids is 1. The van der Waals surface area contributed by atoms with Crippen molar-refractivity contribution < 1.29 is 18.0 Å². The van der Waals surface area contributed by atoms with Gasteiger partial charge in [0.05, 0.1) is 6.42 Å². The van der Waals surface area contributed by atoms with Gasteiger partial charge in [-0.25, -0.2) is 0 Å².